The van der Waals surface area contributed by atoms with Crippen molar-refractivity contribution in [1.82, 2.24) is 9.55 Å². The van der Waals surface area contributed by atoms with E-state index in [1.54, 1.807) is 0 Å². The minimum atomic E-state index is -0.225. The highest BCUT2D eigenvalue weighted by Gasteiger charge is 2.21. The first kappa shape index (κ1) is 17.7. The van der Waals surface area contributed by atoms with Gasteiger partial charge in [-0.1, -0.05) is 17.7 Å². The van der Waals surface area contributed by atoms with Crippen molar-refractivity contribution in [2.24, 2.45) is 0 Å². The van der Waals surface area contributed by atoms with Crippen molar-refractivity contribution in [1.29, 1.82) is 0 Å². The average Bonchev–Trinajstić information content (AvgIpc) is 3.15. The number of fused-ring (bicyclic) bond motifs is 1. The summed E-state index contributed by atoms with van der Waals surface area (Å²) in [5, 5.41) is 4.75. The second-order valence-corrected chi connectivity index (χ2v) is 7.82. The Bertz CT molecular complexity index is 1020. The van der Waals surface area contributed by atoms with Crippen LogP contribution in [0.1, 0.15) is 24.8 Å². The lowest BCUT2D eigenvalue weighted by atomic mass is 10.1. The summed E-state index contributed by atoms with van der Waals surface area (Å²) in [5.74, 6) is 0.376. The van der Waals surface area contributed by atoms with Gasteiger partial charge >= 0.3 is 0 Å². The Morgan fingerprint density at radius 2 is 1.89 bits per heavy atom. The summed E-state index contributed by atoms with van der Waals surface area (Å²) in [6.07, 6.45) is 3.34. The van der Waals surface area contributed by atoms with Crippen molar-refractivity contribution in [2.75, 3.05) is 23.3 Å². The van der Waals surface area contributed by atoms with E-state index in [-0.39, 0.29) is 18.0 Å². The molecule has 1 aliphatic heterocycles. The Kier molecular flexibility index (Phi) is 4.94. The maximum Gasteiger partial charge on any atom is 0.273 e. The molecule has 1 fully saturated rings. The number of nitrogens with zero attached hydrogens (tertiary/aromatic N) is 3. The molecule has 1 saturated heterocycles. The highest BCUT2D eigenvalue weighted by molar-refractivity contribution is 7.17. The SMILES string of the molecule is Cc1ccc(NC(=O)Cn2c(N3CCCCC3)nc3ccsc3c2=O)cc1. The van der Waals surface area contributed by atoms with Gasteiger partial charge < -0.3 is 10.2 Å². The molecule has 1 aromatic carbocycles. The number of rotatable bonds is 4. The molecule has 3 aromatic rings. The normalized spacial score (nSPS) is 14.5. The number of amides is 1. The summed E-state index contributed by atoms with van der Waals surface area (Å²) in [6.45, 7) is 3.68. The van der Waals surface area contributed by atoms with E-state index in [0.717, 1.165) is 37.2 Å². The molecular formula is C20H22N4O2S. The van der Waals surface area contributed by atoms with Gasteiger partial charge in [-0.2, -0.15) is 0 Å². The summed E-state index contributed by atoms with van der Waals surface area (Å²) >= 11 is 1.37. The predicted molar refractivity (Wildman–Crippen MR) is 110 cm³/mol. The molecule has 0 radical (unpaired) electrons. The lowest BCUT2D eigenvalue weighted by Gasteiger charge is -2.29. The summed E-state index contributed by atoms with van der Waals surface area (Å²) < 4.78 is 2.12. The van der Waals surface area contributed by atoms with Crippen LogP contribution in [0, 0.1) is 6.92 Å². The lowest BCUT2D eigenvalue weighted by Crippen LogP contribution is -2.38. The molecule has 0 aliphatic carbocycles. The molecule has 1 N–H and O–H groups in total. The van der Waals surface area contributed by atoms with E-state index < -0.39 is 0 Å². The molecule has 0 bridgehead atoms. The Labute approximate surface area is 161 Å². The molecule has 0 atom stereocenters. The van der Waals surface area contributed by atoms with Gasteiger partial charge in [0, 0.05) is 18.8 Å². The zero-order valence-electron chi connectivity index (χ0n) is 15.3. The summed E-state index contributed by atoms with van der Waals surface area (Å²) in [7, 11) is 0. The Morgan fingerprint density at radius 1 is 1.15 bits per heavy atom. The first-order chi connectivity index (χ1) is 13.1. The first-order valence-corrected chi connectivity index (χ1v) is 10.1. The van der Waals surface area contributed by atoms with Crippen LogP contribution >= 0.6 is 11.3 Å². The van der Waals surface area contributed by atoms with Crippen molar-refractivity contribution in [3.05, 3.63) is 51.6 Å². The maximum absolute atomic E-state index is 13.0. The molecule has 0 unspecified atom stereocenters. The lowest BCUT2D eigenvalue weighted by molar-refractivity contribution is -0.116. The molecule has 140 valence electrons. The van der Waals surface area contributed by atoms with Crippen molar-refractivity contribution >= 4 is 39.1 Å². The number of nitrogens with one attached hydrogen (secondary N) is 1. The van der Waals surface area contributed by atoms with Crippen LogP contribution in [0.15, 0.2) is 40.5 Å². The Morgan fingerprint density at radius 3 is 2.63 bits per heavy atom. The van der Waals surface area contributed by atoms with Gasteiger partial charge in [0.1, 0.15) is 11.2 Å². The largest absolute Gasteiger partial charge is 0.342 e. The molecule has 7 heteroatoms. The van der Waals surface area contributed by atoms with Gasteiger partial charge in [0.05, 0.1) is 5.52 Å². The van der Waals surface area contributed by atoms with Crippen LogP contribution in [0.4, 0.5) is 11.6 Å². The summed E-state index contributed by atoms with van der Waals surface area (Å²) in [5.41, 5.74) is 2.42. The quantitative estimate of drug-likeness (QED) is 0.751. The van der Waals surface area contributed by atoms with Crippen molar-refractivity contribution in [3.8, 4) is 0 Å². The van der Waals surface area contributed by atoms with E-state index in [0.29, 0.717) is 16.2 Å². The number of piperidine rings is 1. The minimum Gasteiger partial charge on any atom is -0.342 e. The van der Waals surface area contributed by atoms with Crippen LogP contribution in [0.2, 0.25) is 0 Å². The molecular weight excluding hydrogens is 360 g/mol. The fourth-order valence-electron chi connectivity index (χ4n) is 3.39. The molecule has 0 spiro atoms. The fraction of sp³-hybridized carbons (Fsp3) is 0.350. The number of aromatic nitrogens is 2. The molecule has 0 saturated carbocycles. The van der Waals surface area contributed by atoms with Gasteiger partial charge in [-0.05, 0) is 49.8 Å². The Hall–Kier alpha value is -2.67. The number of anilines is 2. The first-order valence-electron chi connectivity index (χ1n) is 9.21. The summed E-state index contributed by atoms with van der Waals surface area (Å²) in [4.78, 5) is 32.5. The third-order valence-electron chi connectivity index (χ3n) is 4.82. The molecule has 6 nitrogen and oxygen atoms in total. The van der Waals surface area contributed by atoms with Crippen LogP contribution in [-0.4, -0.2) is 28.5 Å². The fourth-order valence-corrected chi connectivity index (χ4v) is 4.17. The molecule has 27 heavy (non-hydrogen) atoms. The van der Waals surface area contributed by atoms with E-state index in [4.69, 9.17) is 4.98 Å². The maximum atomic E-state index is 13.0. The van der Waals surface area contributed by atoms with E-state index in [2.05, 4.69) is 10.2 Å². The van der Waals surface area contributed by atoms with Crippen LogP contribution in [0.3, 0.4) is 0 Å². The zero-order valence-corrected chi connectivity index (χ0v) is 16.1. The molecule has 1 amide bonds. The highest BCUT2D eigenvalue weighted by Crippen LogP contribution is 2.22. The van der Waals surface area contributed by atoms with Crippen molar-refractivity contribution in [2.45, 2.75) is 32.7 Å². The number of carbonyl (C=O) groups is 1. The highest BCUT2D eigenvalue weighted by atomic mass is 32.1. The standard InChI is InChI=1S/C20H22N4O2S/c1-14-5-7-15(8-6-14)21-17(25)13-24-19(26)18-16(9-12-27-18)22-20(24)23-10-3-2-4-11-23/h5-9,12H,2-4,10-11,13H2,1H3,(H,21,25). The van der Waals surface area contributed by atoms with Gasteiger partial charge in [0.2, 0.25) is 11.9 Å². The van der Waals surface area contributed by atoms with E-state index in [1.807, 2.05) is 42.6 Å². The number of hydrogen-bond donors (Lipinski definition) is 1. The van der Waals surface area contributed by atoms with Gasteiger partial charge in [-0.15, -0.1) is 11.3 Å². The van der Waals surface area contributed by atoms with Gasteiger partial charge in [0.25, 0.3) is 5.56 Å². The second-order valence-electron chi connectivity index (χ2n) is 6.90. The van der Waals surface area contributed by atoms with Crippen LogP contribution in [-0.2, 0) is 11.3 Å². The number of aryl methyl sites for hydroxylation is 1. The van der Waals surface area contributed by atoms with Crippen LogP contribution in [0.5, 0.6) is 0 Å². The summed E-state index contributed by atoms with van der Waals surface area (Å²) in [6, 6.07) is 9.48. The zero-order chi connectivity index (χ0) is 18.8. The molecule has 2 aromatic heterocycles. The number of carbonyl (C=O) groups excluding carboxylic acids is 1. The molecule has 1 aliphatic rings. The monoisotopic (exact) mass is 382 g/mol. The average molecular weight is 382 g/mol. The van der Waals surface area contributed by atoms with Crippen LogP contribution in [0.25, 0.3) is 10.2 Å². The van der Waals surface area contributed by atoms with Gasteiger partial charge in [-0.25, -0.2) is 4.98 Å². The second kappa shape index (κ2) is 7.52. The number of hydrogen-bond acceptors (Lipinski definition) is 5. The Balaban J connectivity index is 1.66. The molecule has 3 heterocycles. The van der Waals surface area contributed by atoms with Gasteiger partial charge in [-0.3, -0.25) is 14.2 Å². The van der Waals surface area contributed by atoms with E-state index >= 15 is 0 Å². The van der Waals surface area contributed by atoms with E-state index in [9.17, 15) is 9.59 Å². The minimum absolute atomic E-state index is 0.0423. The number of benzene rings is 1. The topological polar surface area (TPSA) is 67.2 Å². The van der Waals surface area contributed by atoms with E-state index in [1.165, 1.54) is 22.3 Å². The van der Waals surface area contributed by atoms with Crippen molar-refractivity contribution < 1.29 is 4.79 Å². The number of thiophene rings is 1. The third kappa shape index (κ3) is 3.73. The smallest absolute Gasteiger partial charge is 0.273 e. The van der Waals surface area contributed by atoms with Gasteiger partial charge in [0.15, 0.2) is 0 Å². The predicted octanol–water partition coefficient (Wildman–Crippen LogP) is 3.40. The third-order valence-corrected chi connectivity index (χ3v) is 5.71. The molecule has 4 rings (SSSR count). The van der Waals surface area contributed by atoms with Crippen molar-refractivity contribution in [3.63, 3.8) is 0 Å². The van der Waals surface area contributed by atoms with Crippen LogP contribution < -0.4 is 15.8 Å².